The van der Waals surface area contributed by atoms with E-state index < -0.39 is 11.7 Å². The fourth-order valence-electron chi connectivity index (χ4n) is 4.28. The van der Waals surface area contributed by atoms with Crippen molar-refractivity contribution in [1.29, 1.82) is 0 Å². The molecule has 2 aromatic heterocycles. The van der Waals surface area contributed by atoms with E-state index in [2.05, 4.69) is 37.5 Å². The SMILES string of the molecule is Cc1nc(C2CCN(C)CC2)oc1Nc1ncc(C(F)(F)F)c(NCCCN2CCOCCC2=O)n1. The molecular weight excluding hydrogens is 479 g/mol. The molecule has 0 atom stereocenters. The number of hydrogen-bond acceptors (Lipinski definition) is 9. The van der Waals surface area contributed by atoms with Crippen molar-refractivity contribution in [3.63, 3.8) is 0 Å². The van der Waals surface area contributed by atoms with Crippen LogP contribution in [0.5, 0.6) is 0 Å². The molecule has 2 aliphatic heterocycles. The van der Waals surface area contributed by atoms with Crippen molar-refractivity contribution in [1.82, 2.24) is 24.8 Å². The van der Waals surface area contributed by atoms with Crippen molar-refractivity contribution in [3.05, 3.63) is 23.3 Å². The Labute approximate surface area is 207 Å². The van der Waals surface area contributed by atoms with E-state index in [0.29, 0.717) is 56.6 Å². The molecule has 1 amide bonds. The number of oxazole rings is 1. The summed E-state index contributed by atoms with van der Waals surface area (Å²) >= 11 is 0. The normalized spacial score (nSPS) is 18.4. The second kappa shape index (κ2) is 11.4. The predicted molar refractivity (Wildman–Crippen MR) is 126 cm³/mol. The monoisotopic (exact) mass is 511 g/mol. The molecule has 0 spiro atoms. The van der Waals surface area contributed by atoms with E-state index in [1.807, 2.05) is 0 Å². The maximum Gasteiger partial charge on any atom is 0.421 e. The number of hydrogen-bond donors (Lipinski definition) is 2. The van der Waals surface area contributed by atoms with Gasteiger partial charge in [-0.05, 0) is 46.3 Å². The number of aryl methyl sites for hydroxylation is 1. The van der Waals surface area contributed by atoms with Crippen molar-refractivity contribution >= 4 is 23.6 Å². The number of ether oxygens (including phenoxy) is 1. The number of likely N-dealkylation sites (tertiary alicyclic amines) is 1. The van der Waals surface area contributed by atoms with Gasteiger partial charge in [-0.15, -0.1) is 0 Å². The van der Waals surface area contributed by atoms with Gasteiger partial charge in [0, 0.05) is 31.7 Å². The highest BCUT2D eigenvalue weighted by Crippen LogP contribution is 2.35. The summed E-state index contributed by atoms with van der Waals surface area (Å²) in [5.74, 6) is 0.749. The number of nitrogens with zero attached hydrogens (tertiary/aromatic N) is 5. The van der Waals surface area contributed by atoms with Crippen LogP contribution in [0.15, 0.2) is 10.6 Å². The van der Waals surface area contributed by atoms with Gasteiger partial charge in [-0.25, -0.2) is 9.97 Å². The molecule has 2 N–H and O–H groups in total. The van der Waals surface area contributed by atoms with E-state index in [1.165, 1.54) is 0 Å². The summed E-state index contributed by atoms with van der Waals surface area (Å²) in [6, 6.07) is 0. The third kappa shape index (κ3) is 6.64. The molecule has 13 heteroatoms. The minimum Gasteiger partial charge on any atom is -0.424 e. The molecule has 198 valence electrons. The fourth-order valence-corrected chi connectivity index (χ4v) is 4.28. The van der Waals surface area contributed by atoms with E-state index >= 15 is 0 Å². The van der Waals surface area contributed by atoms with Gasteiger partial charge < -0.3 is 24.3 Å². The molecule has 0 aromatic carbocycles. The third-order valence-corrected chi connectivity index (χ3v) is 6.42. The van der Waals surface area contributed by atoms with Crippen molar-refractivity contribution < 1.29 is 27.1 Å². The highest BCUT2D eigenvalue weighted by molar-refractivity contribution is 5.76. The number of alkyl halides is 3. The first-order valence-corrected chi connectivity index (χ1v) is 12.2. The fraction of sp³-hybridized carbons (Fsp3) is 0.652. The summed E-state index contributed by atoms with van der Waals surface area (Å²) in [5.41, 5.74) is -0.373. The topological polar surface area (TPSA) is 109 Å². The standard InChI is InChI=1S/C23H32F3N7O3/c1-15-20(36-21(29-15)16-4-9-32(2)10-5-16)31-22-28-14-17(23(24,25)26)19(30-22)27-7-3-8-33-11-13-35-12-6-18(33)34/h14,16H,3-13H2,1-2H3,(H2,27,28,30,31). The lowest BCUT2D eigenvalue weighted by atomic mass is 9.97. The number of carbonyl (C=O) groups excluding carboxylic acids is 1. The number of halogens is 3. The molecule has 2 aliphatic rings. The van der Waals surface area contributed by atoms with Crippen molar-refractivity contribution in [2.24, 2.45) is 0 Å². The van der Waals surface area contributed by atoms with Crippen molar-refractivity contribution in [3.8, 4) is 0 Å². The van der Waals surface area contributed by atoms with Gasteiger partial charge in [0.1, 0.15) is 17.1 Å². The summed E-state index contributed by atoms with van der Waals surface area (Å²) in [6.45, 7) is 5.61. The number of rotatable bonds is 8. The van der Waals surface area contributed by atoms with E-state index in [1.54, 1.807) is 11.8 Å². The third-order valence-electron chi connectivity index (χ3n) is 6.42. The number of piperidine rings is 1. The average molecular weight is 512 g/mol. The molecule has 0 unspecified atom stereocenters. The first-order chi connectivity index (χ1) is 17.2. The second-order valence-corrected chi connectivity index (χ2v) is 9.15. The molecule has 4 heterocycles. The molecule has 0 bridgehead atoms. The summed E-state index contributed by atoms with van der Waals surface area (Å²) in [6.07, 6.45) is -1.25. The Hall–Kier alpha value is -2.93. The Morgan fingerprint density at radius 3 is 2.69 bits per heavy atom. The number of anilines is 3. The molecule has 2 fully saturated rings. The minimum atomic E-state index is -4.62. The quantitative estimate of drug-likeness (QED) is 0.516. The van der Waals surface area contributed by atoms with Gasteiger partial charge in [0.15, 0.2) is 5.89 Å². The van der Waals surface area contributed by atoms with E-state index in [4.69, 9.17) is 9.15 Å². The number of aromatic nitrogens is 3. The van der Waals surface area contributed by atoms with Crippen LogP contribution >= 0.6 is 0 Å². The number of carbonyl (C=O) groups is 1. The molecule has 0 saturated carbocycles. The predicted octanol–water partition coefficient (Wildman–Crippen LogP) is 3.40. The Balaban J connectivity index is 1.41. The summed E-state index contributed by atoms with van der Waals surface area (Å²) in [5, 5.41) is 5.64. The van der Waals surface area contributed by atoms with Gasteiger partial charge in [0.05, 0.1) is 19.6 Å². The van der Waals surface area contributed by atoms with Gasteiger partial charge in [0.2, 0.25) is 17.7 Å². The number of nitrogens with one attached hydrogen (secondary N) is 2. The van der Waals surface area contributed by atoms with Crippen LogP contribution in [0.3, 0.4) is 0 Å². The van der Waals surface area contributed by atoms with Crippen LogP contribution < -0.4 is 10.6 Å². The first kappa shape index (κ1) is 26.1. The van der Waals surface area contributed by atoms with Crippen molar-refractivity contribution in [2.45, 2.75) is 44.7 Å². The molecule has 2 aromatic rings. The minimum absolute atomic E-state index is 0.0148. The first-order valence-electron chi connectivity index (χ1n) is 12.2. The molecule has 10 nitrogen and oxygen atoms in total. The average Bonchev–Trinajstić information content (AvgIpc) is 3.06. The summed E-state index contributed by atoms with van der Waals surface area (Å²) in [7, 11) is 2.07. The van der Waals surface area contributed by atoms with Crippen LogP contribution in [0.4, 0.5) is 30.8 Å². The Morgan fingerprint density at radius 2 is 1.94 bits per heavy atom. The number of amides is 1. The lowest BCUT2D eigenvalue weighted by Gasteiger charge is -2.26. The Bertz CT molecular complexity index is 1040. The second-order valence-electron chi connectivity index (χ2n) is 9.15. The molecule has 0 aliphatic carbocycles. The Kier molecular flexibility index (Phi) is 8.29. The van der Waals surface area contributed by atoms with E-state index in [-0.39, 0.29) is 30.1 Å². The lowest BCUT2D eigenvalue weighted by molar-refractivity contribution is -0.137. The highest BCUT2D eigenvalue weighted by Gasteiger charge is 2.35. The largest absolute Gasteiger partial charge is 0.424 e. The van der Waals surface area contributed by atoms with Crippen LogP contribution in [0.25, 0.3) is 0 Å². The van der Waals surface area contributed by atoms with Gasteiger partial charge in [-0.1, -0.05) is 0 Å². The van der Waals surface area contributed by atoms with Crippen LogP contribution in [0.1, 0.15) is 48.7 Å². The van der Waals surface area contributed by atoms with Crippen LogP contribution in [0.2, 0.25) is 0 Å². The molecule has 2 saturated heterocycles. The Morgan fingerprint density at radius 1 is 1.17 bits per heavy atom. The maximum absolute atomic E-state index is 13.6. The molecule has 36 heavy (non-hydrogen) atoms. The van der Waals surface area contributed by atoms with E-state index in [0.717, 1.165) is 32.1 Å². The van der Waals surface area contributed by atoms with Crippen LogP contribution in [0, 0.1) is 6.92 Å². The zero-order valence-corrected chi connectivity index (χ0v) is 20.5. The molecular formula is C23H32F3N7O3. The van der Waals surface area contributed by atoms with Crippen LogP contribution in [-0.2, 0) is 15.7 Å². The van der Waals surface area contributed by atoms with Crippen LogP contribution in [-0.4, -0.2) is 83.6 Å². The highest BCUT2D eigenvalue weighted by atomic mass is 19.4. The van der Waals surface area contributed by atoms with Gasteiger partial charge >= 0.3 is 6.18 Å². The van der Waals surface area contributed by atoms with Crippen molar-refractivity contribution in [2.75, 3.05) is 63.6 Å². The molecule has 0 radical (unpaired) electrons. The lowest BCUT2D eigenvalue weighted by Crippen LogP contribution is -2.33. The van der Waals surface area contributed by atoms with Gasteiger partial charge in [-0.2, -0.15) is 18.2 Å². The van der Waals surface area contributed by atoms with Gasteiger partial charge in [0.25, 0.3) is 0 Å². The summed E-state index contributed by atoms with van der Waals surface area (Å²) in [4.78, 5) is 28.4. The van der Waals surface area contributed by atoms with Gasteiger partial charge in [-0.3, -0.25) is 10.1 Å². The zero-order valence-electron chi connectivity index (χ0n) is 20.5. The summed E-state index contributed by atoms with van der Waals surface area (Å²) < 4.78 is 51.9. The zero-order chi connectivity index (χ0) is 25.7. The smallest absolute Gasteiger partial charge is 0.421 e. The maximum atomic E-state index is 13.6. The van der Waals surface area contributed by atoms with E-state index in [9.17, 15) is 18.0 Å². The molecule has 4 rings (SSSR count).